The van der Waals surface area contributed by atoms with Gasteiger partial charge in [-0.1, -0.05) is 13.8 Å². The van der Waals surface area contributed by atoms with Crippen molar-refractivity contribution in [3.05, 3.63) is 23.8 Å². The van der Waals surface area contributed by atoms with Crippen LogP contribution in [0.15, 0.2) is 23.1 Å². The second-order valence-electron chi connectivity index (χ2n) is 5.44. The lowest BCUT2D eigenvalue weighted by Crippen LogP contribution is -2.43. The van der Waals surface area contributed by atoms with Crippen LogP contribution in [-0.2, 0) is 14.8 Å². The molecule has 1 rings (SSSR count). The van der Waals surface area contributed by atoms with E-state index in [4.69, 9.17) is 4.74 Å². The van der Waals surface area contributed by atoms with Gasteiger partial charge in [0, 0.05) is 12.6 Å². The van der Waals surface area contributed by atoms with Gasteiger partial charge in [0.05, 0.1) is 18.6 Å². The average Bonchev–Trinajstić information content (AvgIpc) is 2.51. The van der Waals surface area contributed by atoms with Crippen molar-refractivity contribution in [2.45, 2.75) is 45.1 Å². The molecule has 0 aliphatic carbocycles. The molecule has 0 radical (unpaired) electrons. The van der Waals surface area contributed by atoms with E-state index in [2.05, 4.69) is 5.32 Å². The number of ether oxygens (including phenoxy) is 1. The van der Waals surface area contributed by atoms with Gasteiger partial charge in [0.15, 0.2) is 0 Å². The molecule has 130 valence electrons. The van der Waals surface area contributed by atoms with E-state index in [1.165, 1.54) is 17.5 Å². The van der Waals surface area contributed by atoms with Gasteiger partial charge in [-0.25, -0.2) is 8.42 Å². The quantitative estimate of drug-likeness (QED) is 0.783. The molecule has 1 aromatic rings. The smallest absolute Gasteiger partial charge is 0.243 e. The average molecular weight is 342 g/mol. The number of hydrogen-bond donors (Lipinski definition) is 1. The minimum absolute atomic E-state index is 0.0205. The van der Waals surface area contributed by atoms with Crippen molar-refractivity contribution in [1.29, 1.82) is 0 Å². The van der Waals surface area contributed by atoms with Gasteiger partial charge in [-0.15, -0.1) is 0 Å². The van der Waals surface area contributed by atoms with E-state index in [1.807, 2.05) is 13.8 Å². The third-order valence-corrected chi connectivity index (χ3v) is 5.61. The van der Waals surface area contributed by atoms with Gasteiger partial charge in [-0.05, 0) is 44.0 Å². The molecule has 23 heavy (non-hydrogen) atoms. The molecular weight excluding hydrogens is 316 g/mol. The molecule has 0 aliphatic heterocycles. The van der Waals surface area contributed by atoms with Crippen LogP contribution in [0.25, 0.3) is 0 Å². The Labute approximate surface area is 138 Å². The second kappa shape index (κ2) is 8.31. The number of nitrogens with zero attached hydrogens (tertiary/aromatic N) is 1. The maximum Gasteiger partial charge on any atom is 0.243 e. The van der Waals surface area contributed by atoms with Crippen LogP contribution in [0.3, 0.4) is 0 Å². The summed E-state index contributed by atoms with van der Waals surface area (Å²) in [5, 5.41) is 2.78. The highest BCUT2D eigenvalue weighted by Crippen LogP contribution is 2.23. The molecule has 1 amide bonds. The van der Waals surface area contributed by atoms with Gasteiger partial charge in [0.25, 0.3) is 0 Å². The number of carbonyl (C=O) groups is 1. The highest BCUT2D eigenvalue weighted by molar-refractivity contribution is 7.89. The summed E-state index contributed by atoms with van der Waals surface area (Å²) in [6.45, 7) is 7.37. The molecule has 7 heteroatoms. The standard InChI is InChI=1S/C16H26N2O4S/c1-6-13(4)17-16(19)11-18(7-2)23(20,21)14-8-9-15(22-5)12(3)10-14/h8-10,13H,6-7,11H2,1-5H3,(H,17,19)/t13-/m1/s1. The molecule has 1 N–H and O–H groups in total. The molecule has 0 bridgehead atoms. The normalized spacial score (nSPS) is 13.0. The Morgan fingerprint density at radius 2 is 2.00 bits per heavy atom. The highest BCUT2D eigenvalue weighted by Gasteiger charge is 2.26. The van der Waals surface area contributed by atoms with E-state index in [-0.39, 0.29) is 29.9 Å². The summed E-state index contributed by atoms with van der Waals surface area (Å²) >= 11 is 0. The van der Waals surface area contributed by atoms with Crippen LogP contribution in [0.1, 0.15) is 32.8 Å². The maximum absolute atomic E-state index is 12.7. The van der Waals surface area contributed by atoms with Crippen molar-refractivity contribution in [3.63, 3.8) is 0 Å². The van der Waals surface area contributed by atoms with E-state index in [0.29, 0.717) is 5.75 Å². The van der Waals surface area contributed by atoms with Gasteiger partial charge in [-0.2, -0.15) is 4.31 Å². The zero-order chi connectivity index (χ0) is 17.6. The molecule has 0 spiro atoms. The molecule has 0 heterocycles. The van der Waals surface area contributed by atoms with Gasteiger partial charge in [0.1, 0.15) is 5.75 Å². The molecule has 0 saturated heterocycles. The van der Waals surface area contributed by atoms with Crippen LogP contribution in [0.5, 0.6) is 5.75 Å². The van der Waals surface area contributed by atoms with Crippen LogP contribution in [0, 0.1) is 6.92 Å². The topological polar surface area (TPSA) is 75.7 Å². The Hall–Kier alpha value is -1.60. The number of sulfonamides is 1. The number of hydrogen-bond acceptors (Lipinski definition) is 4. The minimum Gasteiger partial charge on any atom is -0.496 e. The van der Waals surface area contributed by atoms with Gasteiger partial charge in [-0.3, -0.25) is 4.79 Å². The Morgan fingerprint density at radius 1 is 1.35 bits per heavy atom. The first-order valence-corrected chi connectivity index (χ1v) is 9.14. The molecule has 0 aromatic heterocycles. The number of aryl methyl sites for hydroxylation is 1. The summed E-state index contributed by atoms with van der Waals surface area (Å²) < 4.78 is 31.7. The van der Waals surface area contributed by atoms with E-state index in [9.17, 15) is 13.2 Å². The third-order valence-electron chi connectivity index (χ3n) is 3.70. The van der Waals surface area contributed by atoms with Crippen molar-refractivity contribution in [2.24, 2.45) is 0 Å². The molecule has 0 fully saturated rings. The molecule has 0 aliphatic rings. The Balaban J connectivity index is 2.99. The van der Waals surface area contributed by atoms with Crippen molar-refractivity contribution in [2.75, 3.05) is 20.2 Å². The van der Waals surface area contributed by atoms with Gasteiger partial charge < -0.3 is 10.1 Å². The summed E-state index contributed by atoms with van der Waals surface area (Å²) in [4.78, 5) is 12.2. The van der Waals surface area contributed by atoms with Gasteiger partial charge >= 0.3 is 0 Å². The first-order chi connectivity index (χ1) is 10.8. The maximum atomic E-state index is 12.7. The van der Waals surface area contributed by atoms with E-state index < -0.39 is 10.0 Å². The van der Waals surface area contributed by atoms with E-state index >= 15 is 0 Å². The van der Waals surface area contributed by atoms with Crippen molar-refractivity contribution >= 4 is 15.9 Å². The van der Waals surface area contributed by atoms with Gasteiger partial charge in [0.2, 0.25) is 15.9 Å². The predicted octanol–water partition coefficient (Wildman–Crippen LogP) is 1.93. The molecule has 1 aromatic carbocycles. The summed E-state index contributed by atoms with van der Waals surface area (Å²) in [5.74, 6) is 0.330. The predicted molar refractivity (Wildman–Crippen MR) is 90.1 cm³/mol. The molecular formula is C16H26N2O4S. The monoisotopic (exact) mass is 342 g/mol. The lowest BCUT2D eigenvalue weighted by molar-refractivity contribution is -0.121. The first-order valence-electron chi connectivity index (χ1n) is 7.70. The Kier molecular flexibility index (Phi) is 7.02. The summed E-state index contributed by atoms with van der Waals surface area (Å²) in [5.41, 5.74) is 0.730. The Morgan fingerprint density at radius 3 is 2.48 bits per heavy atom. The lowest BCUT2D eigenvalue weighted by atomic mass is 10.2. The van der Waals surface area contributed by atoms with Crippen LogP contribution >= 0.6 is 0 Å². The number of likely N-dealkylation sites (N-methyl/N-ethyl adjacent to an activating group) is 1. The number of benzene rings is 1. The minimum atomic E-state index is -3.72. The van der Waals surface area contributed by atoms with Crippen molar-refractivity contribution in [1.82, 2.24) is 9.62 Å². The Bertz CT molecular complexity index is 643. The SMILES string of the molecule is CC[C@@H](C)NC(=O)CN(CC)S(=O)(=O)c1ccc(OC)c(C)c1. The molecule has 0 unspecified atom stereocenters. The zero-order valence-corrected chi connectivity index (χ0v) is 15.2. The largest absolute Gasteiger partial charge is 0.496 e. The first kappa shape index (κ1) is 19.4. The number of amides is 1. The number of rotatable bonds is 8. The van der Waals surface area contributed by atoms with Crippen molar-refractivity contribution < 1.29 is 17.9 Å². The lowest BCUT2D eigenvalue weighted by Gasteiger charge is -2.21. The summed E-state index contributed by atoms with van der Waals surface area (Å²) in [6.07, 6.45) is 0.794. The van der Waals surface area contributed by atoms with Crippen LogP contribution in [0.2, 0.25) is 0 Å². The van der Waals surface area contributed by atoms with Crippen LogP contribution < -0.4 is 10.1 Å². The second-order valence-corrected chi connectivity index (χ2v) is 7.38. The number of nitrogens with one attached hydrogen (secondary N) is 1. The summed E-state index contributed by atoms with van der Waals surface area (Å²) in [6, 6.07) is 4.70. The van der Waals surface area contributed by atoms with Crippen LogP contribution in [-0.4, -0.2) is 44.9 Å². The fourth-order valence-electron chi connectivity index (χ4n) is 2.11. The number of methoxy groups -OCH3 is 1. The highest BCUT2D eigenvalue weighted by atomic mass is 32.2. The zero-order valence-electron chi connectivity index (χ0n) is 14.4. The van der Waals surface area contributed by atoms with E-state index in [0.717, 1.165) is 12.0 Å². The third kappa shape index (κ3) is 4.94. The summed E-state index contributed by atoms with van der Waals surface area (Å²) in [7, 11) is -2.18. The number of carbonyl (C=O) groups excluding carboxylic acids is 1. The van der Waals surface area contributed by atoms with Crippen LogP contribution in [0.4, 0.5) is 0 Å². The van der Waals surface area contributed by atoms with Crippen molar-refractivity contribution in [3.8, 4) is 5.75 Å². The van der Waals surface area contributed by atoms with E-state index in [1.54, 1.807) is 26.0 Å². The molecule has 0 saturated carbocycles. The fraction of sp³-hybridized carbons (Fsp3) is 0.562. The fourth-order valence-corrected chi connectivity index (χ4v) is 3.60. The molecule has 6 nitrogen and oxygen atoms in total. The molecule has 1 atom stereocenters.